The topological polar surface area (TPSA) is 41.7 Å². The van der Waals surface area contributed by atoms with Crippen LogP contribution in [0.25, 0.3) is 5.52 Å². The van der Waals surface area contributed by atoms with Crippen molar-refractivity contribution >= 4 is 16.6 Å². The van der Waals surface area contributed by atoms with Gasteiger partial charge >= 0.3 is 0 Å². The average molecular weight is 181 g/mol. The van der Waals surface area contributed by atoms with Crippen LogP contribution in [0.15, 0.2) is 41.6 Å². The molecule has 1 N–H and O–H groups in total. The van der Waals surface area contributed by atoms with E-state index in [1.165, 1.54) is 0 Å². The zero-order chi connectivity index (χ0) is 8.55. The van der Waals surface area contributed by atoms with Gasteiger partial charge in [0.05, 0.1) is 0 Å². The lowest BCUT2D eigenvalue weighted by Crippen LogP contribution is -1.96. The Bertz CT molecular complexity index is 435. The molecule has 0 radical (unpaired) electrons. The van der Waals surface area contributed by atoms with Crippen molar-refractivity contribution in [2.24, 2.45) is 0 Å². The first-order chi connectivity index (χ1) is 5.79. The Hall–Kier alpha value is -1.13. The summed E-state index contributed by atoms with van der Waals surface area (Å²) in [6.07, 6.45) is 1.76. The van der Waals surface area contributed by atoms with E-state index >= 15 is 0 Å². The maximum Gasteiger partial charge on any atom is 0.204 e. The Labute approximate surface area is 71.9 Å². The predicted octanol–water partition coefficient (Wildman–Crippen LogP) is 1.52. The smallest absolute Gasteiger partial charge is 0.204 e. The van der Waals surface area contributed by atoms with Crippen molar-refractivity contribution in [1.29, 1.82) is 0 Å². The summed E-state index contributed by atoms with van der Waals surface area (Å²) in [6, 6.07) is 9.00. The fourth-order valence-corrected chi connectivity index (χ4v) is 1.71. The van der Waals surface area contributed by atoms with Gasteiger partial charge in [-0.1, -0.05) is 6.07 Å². The minimum absolute atomic E-state index is 0.400. The van der Waals surface area contributed by atoms with Crippen molar-refractivity contribution in [3.63, 3.8) is 0 Å². The molecule has 0 aromatic carbocycles. The number of hydrogen-bond donors (Lipinski definition) is 1. The van der Waals surface area contributed by atoms with Gasteiger partial charge in [-0.05, 0) is 24.3 Å². The zero-order valence-electron chi connectivity index (χ0n) is 6.18. The number of hydrogen-bond acceptors (Lipinski definition) is 1. The van der Waals surface area contributed by atoms with Crippen LogP contribution in [-0.2, 0) is 11.1 Å². The molecule has 2 rings (SSSR count). The van der Waals surface area contributed by atoms with Crippen LogP contribution in [0, 0.1) is 0 Å². The summed E-state index contributed by atoms with van der Waals surface area (Å²) in [5, 5.41) is 0.400. The first-order valence-corrected chi connectivity index (χ1v) is 4.56. The molecule has 0 saturated carbocycles. The Morgan fingerprint density at radius 2 is 2.00 bits per heavy atom. The molecular weight excluding hydrogens is 174 g/mol. The van der Waals surface area contributed by atoms with Crippen molar-refractivity contribution in [3.8, 4) is 0 Å². The number of fused-ring (bicyclic) bond motifs is 1. The molecule has 1 atom stereocenters. The van der Waals surface area contributed by atoms with Crippen LogP contribution in [-0.4, -0.2) is 13.2 Å². The summed E-state index contributed by atoms with van der Waals surface area (Å²) in [7, 11) is 0. The van der Waals surface area contributed by atoms with Gasteiger partial charge in [-0.2, -0.15) is 0 Å². The second-order valence-electron chi connectivity index (χ2n) is 2.42. The highest BCUT2D eigenvalue weighted by molar-refractivity contribution is 7.79. The molecule has 4 heteroatoms. The van der Waals surface area contributed by atoms with Gasteiger partial charge in [0.1, 0.15) is 5.03 Å². The molecule has 0 amide bonds. The highest BCUT2D eigenvalue weighted by atomic mass is 32.2. The first-order valence-electron chi connectivity index (χ1n) is 3.46. The number of pyridine rings is 1. The number of nitrogens with zero attached hydrogens (tertiary/aromatic N) is 1. The van der Waals surface area contributed by atoms with E-state index in [-0.39, 0.29) is 0 Å². The third-order valence-electron chi connectivity index (χ3n) is 1.70. The molecule has 0 fully saturated rings. The number of aromatic nitrogens is 1. The summed E-state index contributed by atoms with van der Waals surface area (Å²) in [4.78, 5) is 0. The van der Waals surface area contributed by atoms with Crippen LogP contribution in [0.1, 0.15) is 0 Å². The Morgan fingerprint density at radius 1 is 1.25 bits per heavy atom. The molecule has 3 nitrogen and oxygen atoms in total. The molecule has 0 aliphatic heterocycles. The fourth-order valence-electron chi connectivity index (χ4n) is 1.18. The predicted molar refractivity (Wildman–Crippen MR) is 46.4 cm³/mol. The van der Waals surface area contributed by atoms with E-state index in [0.29, 0.717) is 5.03 Å². The van der Waals surface area contributed by atoms with Gasteiger partial charge in [0.2, 0.25) is 11.1 Å². The van der Waals surface area contributed by atoms with Gasteiger partial charge < -0.3 is 8.95 Å². The average Bonchev–Trinajstić information content (AvgIpc) is 2.49. The SMILES string of the molecule is O=S(O)c1cccc2cccn12. The molecule has 1 unspecified atom stereocenters. The maximum atomic E-state index is 10.8. The van der Waals surface area contributed by atoms with Crippen LogP contribution < -0.4 is 0 Å². The van der Waals surface area contributed by atoms with Gasteiger partial charge in [-0.25, -0.2) is 4.21 Å². The highest BCUT2D eigenvalue weighted by Gasteiger charge is 2.03. The summed E-state index contributed by atoms with van der Waals surface area (Å²) in [5.41, 5.74) is 0.926. The van der Waals surface area contributed by atoms with Crippen molar-refractivity contribution < 1.29 is 8.76 Å². The van der Waals surface area contributed by atoms with E-state index in [4.69, 9.17) is 4.55 Å². The third-order valence-corrected chi connectivity index (χ3v) is 2.39. The Balaban J connectivity index is 2.82. The third kappa shape index (κ3) is 1.05. The minimum atomic E-state index is -1.92. The molecular formula is C8H7NO2S. The molecule has 0 saturated heterocycles. The quantitative estimate of drug-likeness (QED) is 0.678. The standard InChI is InChI=1S/C8H7NO2S/c10-12(11)8-5-1-3-7-4-2-6-9(7)8/h1-6H,(H,10,11). The molecule has 0 aliphatic carbocycles. The normalized spacial score (nSPS) is 13.4. The summed E-state index contributed by atoms with van der Waals surface area (Å²) in [6.45, 7) is 0. The van der Waals surface area contributed by atoms with Crippen LogP contribution in [0.2, 0.25) is 0 Å². The summed E-state index contributed by atoms with van der Waals surface area (Å²) < 4.78 is 21.4. The second-order valence-corrected chi connectivity index (χ2v) is 3.33. The van der Waals surface area contributed by atoms with Gasteiger partial charge in [-0.3, -0.25) is 0 Å². The van der Waals surface area contributed by atoms with Gasteiger partial charge in [-0.15, -0.1) is 0 Å². The van der Waals surface area contributed by atoms with Crippen LogP contribution in [0.3, 0.4) is 0 Å². The van der Waals surface area contributed by atoms with Crippen molar-refractivity contribution in [3.05, 3.63) is 36.5 Å². The van der Waals surface area contributed by atoms with Crippen LogP contribution in [0.5, 0.6) is 0 Å². The maximum absolute atomic E-state index is 10.8. The van der Waals surface area contributed by atoms with E-state index in [1.807, 2.05) is 18.2 Å². The molecule has 0 spiro atoms. The van der Waals surface area contributed by atoms with Crippen molar-refractivity contribution in [1.82, 2.24) is 4.40 Å². The van der Waals surface area contributed by atoms with Gasteiger partial charge in [0, 0.05) is 11.7 Å². The van der Waals surface area contributed by atoms with E-state index in [2.05, 4.69) is 0 Å². The summed E-state index contributed by atoms with van der Waals surface area (Å²) >= 11 is -1.92. The highest BCUT2D eigenvalue weighted by Crippen LogP contribution is 2.10. The molecule has 2 aromatic rings. The van der Waals surface area contributed by atoms with E-state index in [0.717, 1.165) is 5.52 Å². The van der Waals surface area contributed by atoms with Gasteiger partial charge in [0.15, 0.2) is 0 Å². The van der Waals surface area contributed by atoms with Crippen molar-refractivity contribution in [2.45, 2.75) is 5.03 Å². The van der Waals surface area contributed by atoms with Crippen molar-refractivity contribution in [2.75, 3.05) is 0 Å². The lowest BCUT2D eigenvalue weighted by molar-refractivity contribution is 0.559. The molecule has 0 aliphatic rings. The van der Waals surface area contributed by atoms with Gasteiger partial charge in [0.25, 0.3) is 0 Å². The minimum Gasteiger partial charge on any atom is -0.308 e. The Kier molecular flexibility index (Phi) is 1.71. The molecule has 12 heavy (non-hydrogen) atoms. The second kappa shape index (κ2) is 2.73. The molecule has 2 heterocycles. The summed E-state index contributed by atoms with van der Waals surface area (Å²) in [5.74, 6) is 0. The Morgan fingerprint density at radius 3 is 2.75 bits per heavy atom. The van der Waals surface area contributed by atoms with Crippen LogP contribution in [0.4, 0.5) is 0 Å². The first kappa shape index (κ1) is 7.52. The van der Waals surface area contributed by atoms with E-state index in [9.17, 15) is 4.21 Å². The van der Waals surface area contributed by atoms with E-state index in [1.54, 1.807) is 22.7 Å². The fraction of sp³-hybridized carbons (Fsp3) is 0. The lowest BCUT2D eigenvalue weighted by atomic mass is 10.4. The van der Waals surface area contributed by atoms with E-state index < -0.39 is 11.1 Å². The largest absolute Gasteiger partial charge is 0.308 e. The molecule has 0 bridgehead atoms. The molecule has 62 valence electrons. The lowest BCUT2D eigenvalue weighted by Gasteiger charge is -1.99. The monoisotopic (exact) mass is 181 g/mol. The zero-order valence-corrected chi connectivity index (χ0v) is 6.99. The number of rotatable bonds is 1. The molecule has 2 aromatic heterocycles. The van der Waals surface area contributed by atoms with Crippen LogP contribution >= 0.6 is 0 Å².